The van der Waals surface area contributed by atoms with Gasteiger partial charge in [-0.1, -0.05) is 58.4 Å². The molecule has 0 radical (unpaired) electrons. The van der Waals surface area contributed by atoms with Gasteiger partial charge in [0.1, 0.15) is 5.82 Å². The third kappa shape index (κ3) is 4.61. The Morgan fingerprint density at radius 3 is 2.52 bits per heavy atom. The molecule has 162 valence electrons. The standard InChI is InChI=1S/C22H20BrF3N4O/c1-13(14-5-3-2-4-6-14)27-21(31)18-12-20-28-17(15-7-9-16(23)10-8-15)11-19(22(24,25)26)30(20)29-18/h2-10,12-13,17,19,28H,11H2,1H3,(H,27,31)/t13-,17+,19-/m0/s1. The van der Waals surface area contributed by atoms with Gasteiger partial charge < -0.3 is 10.6 Å². The molecule has 2 heterocycles. The van der Waals surface area contributed by atoms with E-state index >= 15 is 0 Å². The summed E-state index contributed by atoms with van der Waals surface area (Å²) in [5.41, 5.74) is 1.56. The van der Waals surface area contributed by atoms with E-state index in [0.717, 1.165) is 20.3 Å². The first-order valence-corrected chi connectivity index (χ1v) is 10.6. The summed E-state index contributed by atoms with van der Waals surface area (Å²) in [6.45, 7) is 1.81. The van der Waals surface area contributed by atoms with Gasteiger partial charge in [0, 0.05) is 17.0 Å². The van der Waals surface area contributed by atoms with Gasteiger partial charge in [-0.15, -0.1) is 0 Å². The van der Waals surface area contributed by atoms with Gasteiger partial charge >= 0.3 is 6.18 Å². The molecule has 31 heavy (non-hydrogen) atoms. The van der Waals surface area contributed by atoms with Crippen LogP contribution in [-0.2, 0) is 0 Å². The quantitative estimate of drug-likeness (QED) is 0.484. The maximum atomic E-state index is 13.8. The van der Waals surface area contributed by atoms with Gasteiger partial charge in [0.2, 0.25) is 0 Å². The largest absolute Gasteiger partial charge is 0.410 e. The van der Waals surface area contributed by atoms with E-state index in [4.69, 9.17) is 0 Å². The number of aromatic nitrogens is 2. The maximum Gasteiger partial charge on any atom is 0.410 e. The number of amides is 1. The summed E-state index contributed by atoms with van der Waals surface area (Å²) in [4.78, 5) is 12.7. The summed E-state index contributed by atoms with van der Waals surface area (Å²) in [5, 5.41) is 9.90. The Balaban J connectivity index is 1.60. The second-order valence-corrected chi connectivity index (χ2v) is 8.42. The lowest BCUT2D eigenvalue weighted by Gasteiger charge is -2.33. The third-order valence-corrected chi connectivity index (χ3v) is 5.87. The third-order valence-electron chi connectivity index (χ3n) is 5.34. The molecule has 1 aliphatic rings. The molecule has 2 aromatic carbocycles. The first-order valence-electron chi connectivity index (χ1n) is 9.76. The highest BCUT2D eigenvalue weighted by atomic mass is 79.9. The molecule has 1 amide bonds. The van der Waals surface area contributed by atoms with Crippen LogP contribution in [0.4, 0.5) is 19.0 Å². The molecule has 0 saturated carbocycles. The van der Waals surface area contributed by atoms with Crippen molar-refractivity contribution in [2.45, 2.75) is 37.6 Å². The Kier molecular flexibility index (Phi) is 5.79. The van der Waals surface area contributed by atoms with Gasteiger partial charge in [0.05, 0.1) is 12.1 Å². The molecule has 0 spiro atoms. The molecular weight excluding hydrogens is 473 g/mol. The minimum atomic E-state index is -4.50. The minimum Gasteiger partial charge on any atom is -0.363 e. The number of anilines is 1. The van der Waals surface area contributed by atoms with Crippen molar-refractivity contribution in [2.75, 3.05) is 5.32 Å². The van der Waals surface area contributed by atoms with Gasteiger partial charge in [-0.05, 0) is 30.2 Å². The van der Waals surface area contributed by atoms with Crippen molar-refractivity contribution in [3.63, 3.8) is 0 Å². The minimum absolute atomic E-state index is 0.0593. The summed E-state index contributed by atoms with van der Waals surface area (Å²) in [5.74, 6) is -0.361. The monoisotopic (exact) mass is 492 g/mol. The average molecular weight is 493 g/mol. The summed E-state index contributed by atoms with van der Waals surface area (Å²) in [6, 6.07) is 15.1. The van der Waals surface area contributed by atoms with Crippen molar-refractivity contribution in [1.29, 1.82) is 0 Å². The van der Waals surface area contributed by atoms with Crippen LogP contribution in [0.5, 0.6) is 0 Å². The van der Waals surface area contributed by atoms with Gasteiger partial charge in [-0.25, -0.2) is 4.68 Å². The summed E-state index contributed by atoms with van der Waals surface area (Å²) < 4.78 is 43.2. The summed E-state index contributed by atoms with van der Waals surface area (Å²) in [6.07, 6.45) is -4.72. The van der Waals surface area contributed by atoms with E-state index < -0.39 is 24.2 Å². The first kappa shape index (κ1) is 21.4. The van der Waals surface area contributed by atoms with E-state index in [9.17, 15) is 18.0 Å². The molecule has 0 fully saturated rings. The van der Waals surface area contributed by atoms with E-state index in [0.29, 0.717) is 0 Å². The SMILES string of the molecule is C[C@H](NC(=O)c1cc2n(n1)[C@H](C(F)(F)F)C[C@H](c1ccc(Br)cc1)N2)c1ccccc1. The van der Waals surface area contributed by atoms with Crippen molar-refractivity contribution >= 4 is 27.7 Å². The van der Waals surface area contributed by atoms with Crippen LogP contribution in [0.2, 0.25) is 0 Å². The zero-order valence-electron chi connectivity index (χ0n) is 16.5. The van der Waals surface area contributed by atoms with E-state index in [1.807, 2.05) is 37.3 Å². The fraction of sp³-hybridized carbons (Fsp3) is 0.273. The van der Waals surface area contributed by atoms with E-state index in [-0.39, 0.29) is 24.0 Å². The Labute approximate surface area is 185 Å². The van der Waals surface area contributed by atoms with Crippen LogP contribution < -0.4 is 10.6 Å². The van der Waals surface area contributed by atoms with Crippen LogP contribution in [0.15, 0.2) is 65.1 Å². The highest BCUT2D eigenvalue weighted by Crippen LogP contribution is 2.43. The fourth-order valence-electron chi connectivity index (χ4n) is 3.69. The molecule has 3 aromatic rings. The molecule has 3 atom stereocenters. The number of hydrogen-bond donors (Lipinski definition) is 2. The molecule has 0 bridgehead atoms. The van der Waals surface area contributed by atoms with Gasteiger partial charge in [0.25, 0.3) is 5.91 Å². The number of halogens is 4. The molecule has 9 heteroatoms. The predicted octanol–water partition coefficient (Wildman–Crippen LogP) is 5.80. The average Bonchev–Trinajstić information content (AvgIpc) is 3.17. The van der Waals surface area contributed by atoms with E-state index in [1.165, 1.54) is 6.07 Å². The molecule has 0 aliphatic carbocycles. The molecule has 0 unspecified atom stereocenters. The number of hydrogen-bond acceptors (Lipinski definition) is 3. The van der Waals surface area contributed by atoms with Gasteiger partial charge in [0.15, 0.2) is 11.7 Å². The van der Waals surface area contributed by atoms with Crippen LogP contribution >= 0.6 is 15.9 Å². The molecule has 1 aliphatic heterocycles. The number of fused-ring (bicyclic) bond motifs is 1. The van der Waals surface area contributed by atoms with Crippen LogP contribution in [-0.4, -0.2) is 21.9 Å². The number of rotatable bonds is 4. The van der Waals surface area contributed by atoms with Crippen LogP contribution in [0, 0.1) is 0 Å². The molecule has 2 N–H and O–H groups in total. The number of nitrogens with one attached hydrogen (secondary N) is 2. The van der Waals surface area contributed by atoms with Crippen molar-refractivity contribution in [2.24, 2.45) is 0 Å². The van der Waals surface area contributed by atoms with Crippen LogP contribution in [0.3, 0.4) is 0 Å². The molecular formula is C22H20BrF3N4O. The normalized spacial score (nSPS) is 19.3. The summed E-state index contributed by atoms with van der Waals surface area (Å²) in [7, 11) is 0. The lowest BCUT2D eigenvalue weighted by molar-refractivity contribution is -0.173. The zero-order valence-corrected chi connectivity index (χ0v) is 18.1. The number of carbonyl (C=O) groups is 1. The highest BCUT2D eigenvalue weighted by molar-refractivity contribution is 9.10. The Hall–Kier alpha value is -2.81. The van der Waals surface area contributed by atoms with Crippen molar-refractivity contribution < 1.29 is 18.0 Å². The lowest BCUT2D eigenvalue weighted by Crippen LogP contribution is -2.35. The number of nitrogens with zero attached hydrogens (tertiary/aromatic N) is 2. The van der Waals surface area contributed by atoms with E-state index in [2.05, 4.69) is 31.7 Å². The fourth-order valence-corrected chi connectivity index (χ4v) is 3.96. The second-order valence-electron chi connectivity index (χ2n) is 7.51. The predicted molar refractivity (Wildman–Crippen MR) is 115 cm³/mol. The Morgan fingerprint density at radius 2 is 1.87 bits per heavy atom. The van der Waals surface area contributed by atoms with Crippen molar-refractivity contribution in [1.82, 2.24) is 15.1 Å². The Bertz CT molecular complexity index is 1070. The smallest absolute Gasteiger partial charge is 0.363 e. The maximum absolute atomic E-state index is 13.8. The first-order chi connectivity index (χ1) is 14.7. The Morgan fingerprint density at radius 1 is 1.19 bits per heavy atom. The molecule has 1 aromatic heterocycles. The molecule has 4 rings (SSSR count). The lowest BCUT2D eigenvalue weighted by atomic mass is 9.97. The zero-order chi connectivity index (χ0) is 22.2. The second kappa shape index (κ2) is 8.37. The number of carbonyl (C=O) groups excluding carboxylic acids is 1. The number of alkyl halides is 3. The van der Waals surface area contributed by atoms with Gasteiger partial charge in [-0.2, -0.15) is 18.3 Å². The van der Waals surface area contributed by atoms with E-state index in [1.54, 1.807) is 24.3 Å². The highest BCUT2D eigenvalue weighted by Gasteiger charge is 2.46. The molecule has 5 nitrogen and oxygen atoms in total. The van der Waals surface area contributed by atoms with Crippen LogP contribution in [0.25, 0.3) is 0 Å². The van der Waals surface area contributed by atoms with Gasteiger partial charge in [-0.3, -0.25) is 4.79 Å². The van der Waals surface area contributed by atoms with Crippen molar-refractivity contribution in [3.05, 3.63) is 82.0 Å². The van der Waals surface area contributed by atoms with Crippen LogP contribution in [0.1, 0.15) is 53.1 Å². The topological polar surface area (TPSA) is 59.0 Å². The molecule has 0 saturated heterocycles. The number of benzene rings is 2. The van der Waals surface area contributed by atoms with Crippen molar-refractivity contribution in [3.8, 4) is 0 Å². The summed E-state index contributed by atoms with van der Waals surface area (Å²) >= 11 is 3.34.